The zero-order valence-corrected chi connectivity index (χ0v) is 12.8. The van der Waals surface area contributed by atoms with Gasteiger partial charge < -0.3 is 14.6 Å². The Morgan fingerprint density at radius 3 is 2.76 bits per heavy atom. The number of rotatable bonds is 5. The zero-order valence-electron chi connectivity index (χ0n) is 11.3. The molecule has 1 N–H and O–H groups in total. The van der Waals surface area contributed by atoms with Crippen LogP contribution in [0.2, 0.25) is 10.0 Å². The largest absolute Gasteiger partial charge is 0.480 e. The van der Waals surface area contributed by atoms with Crippen LogP contribution in [-0.4, -0.2) is 23.7 Å². The van der Waals surface area contributed by atoms with Crippen LogP contribution < -0.4 is 4.74 Å². The average Bonchev–Trinajstić information content (AvgIpc) is 2.81. The molecule has 0 amide bonds. The van der Waals surface area contributed by atoms with Gasteiger partial charge in [0, 0.05) is 11.5 Å². The Balaban J connectivity index is 2.28. The van der Waals surface area contributed by atoms with E-state index in [9.17, 15) is 9.59 Å². The van der Waals surface area contributed by atoms with Gasteiger partial charge in [0.25, 0.3) is 0 Å². The van der Waals surface area contributed by atoms with Crippen molar-refractivity contribution in [3.8, 4) is 5.75 Å². The molecule has 1 aliphatic heterocycles. The number of carboxylic acid groups (broad SMARTS) is 1. The summed E-state index contributed by atoms with van der Waals surface area (Å²) in [6.45, 7) is 1.46. The molecule has 0 bridgehead atoms. The highest BCUT2D eigenvalue weighted by atomic mass is 35.5. The molecule has 1 heterocycles. The number of hydrogen-bond acceptors (Lipinski definition) is 4. The quantitative estimate of drug-likeness (QED) is 0.835. The molecule has 0 radical (unpaired) electrons. The van der Waals surface area contributed by atoms with Crippen LogP contribution in [0.3, 0.4) is 0 Å². The monoisotopic (exact) mass is 332 g/mol. The molecule has 7 heteroatoms. The zero-order chi connectivity index (χ0) is 15.6. The van der Waals surface area contributed by atoms with Gasteiger partial charge in [-0.2, -0.15) is 0 Å². The number of ether oxygens (including phenoxy) is 2. The minimum Gasteiger partial charge on any atom is -0.480 e. The Bertz CT molecular complexity index is 573. The van der Waals surface area contributed by atoms with Crippen molar-refractivity contribution >= 4 is 35.1 Å². The first kappa shape index (κ1) is 15.9. The van der Waals surface area contributed by atoms with Crippen LogP contribution >= 0.6 is 23.2 Å². The SMILES string of the molecule is CC[C@@H]1CC(=O)O[C@H]1c1ccc(OCC(=O)O)c(Cl)c1Cl. The van der Waals surface area contributed by atoms with Gasteiger partial charge in [-0.25, -0.2) is 4.79 Å². The summed E-state index contributed by atoms with van der Waals surface area (Å²) in [5.74, 6) is -1.13. The predicted molar refractivity (Wildman–Crippen MR) is 76.8 cm³/mol. The lowest BCUT2D eigenvalue weighted by molar-refractivity contribution is -0.142. The Kier molecular flexibility index (Phi) is 4.96. The number of hydrogen-bond donors (Lipinski definition) is 1. The summed E-state index contributed by atoms with van der Waals surface area (Å²) in [6.07, 6.45) is 0.703. The van der Waals surface area contributed by atoms with Gasteiger partial charge >= 0.3 is 11.9 Å². The van der Waals surface area contributed by atoms with Crippen LogP contribution in [-0.2, 0) is 14.3 Å². The number of carboxylic acids is 1. The molecule has 1 saturated heterocycles. The van der Waals surface area contributed by atoms with Crippen LogP contribution in [0, 0.1) is 5.92 Å². The van der Waals surface area contributed by atoms with Gasteiger partial charge in [-0.05, 0) is 12.5 Å². The second kappa shape index (κ2) is 6.54. The summed E-state index contributed by atoms with van der Waals surface area (Å²) in [5.41, 5.74) is 0.613. The maximum Gasteiger partial charge on any atom is 0.341 e. The summed E-state index contributed by atoms with van der Waals surface area (Å²) < 4.78 is 10.4. The highest BCUT2D eigenvalue weighted by Gasteiger charge is 2.36. The summed E-state index contributed by atoms with van der Waals surface area (Å²) in [4.78, 5) is 22.0. The van der Waals surface area contributed by atoms with Gasteiger partial charge in [0.1, 0.15) is 16.9 Å². The average molecular weight is 333 g/mol. The van der Waals surface area contributed by atoms with Crippen molar-refractivity contribution in [2.75, 3.05) is 6.61 Å². The van der Waals surface area contributed by atoms with Crippen molar-refractivity contribution in [1.82, 2.24) is 0 Å². The molecule has 0 aromatic heterocycles. The molecule has 1 aromatic carbocycles. The third-order valence-corrected chi connectivity index (χ3v) is 4.25. The van der Waals surface area contributed by atoms with Gasteiger partial charge in [-0.3, -0.25) is 4.79 Å². The lowest BCUT2D eigenvalue weighted by atomic mass is 9.93. The van der Waals surface area contributed by atoms with Gasteiger partial charge in [0.15, 0.2) is 6.61 Å². The third-order valence-electron chi connectivity index (χ3n) is 3.37. The van der Waals surface area contributed by atoms with Gasteiger partial charge in [0.2, 0.25) is 0 Å². The van der Waals surface area contributed by atoms with Gasteiger partial charge in [0.05, 0.1) is 11.4 Å². The third kappa shape index (κ3) is 3.41. The first-order chi connectivity index (χ1) is 9.93. The van der Waals surface area contributed by atoms with Gasteiger partial charge in [-0.1, -0.05) is 36.2 Å². The first-order valence-corrected chi connectivity index (χ1v) is 7.21. The number of esters is 1. The van der Waals surface area contributed by atoms with Crippen molar-refractivity contribution < 1.29 is 24.2 Å². The molecule has 0 saturated carbocycles. The fourth-order valence-corrected chi connectivity index (χ4v) is 2.79. The van der Waals surface area contributed by atoms with Gasteiger partial charge in [-0.15, -0.1) is 0 Å². The van der Waals surface area contributed by atoms with Crippen LogP contribution in [0.25, 0.3) is 0 Å². The van der Waals surface area contributed by atoms with E-state index in [1.807, 2.05) is 6.92 Å². The van der Waals surface area contributed by atoms with Crippen LogP contribution in [0.1, 0.15) is 31.4 Å². The Hall–Kier alpha value is -1.46. The minimum atomic E-state index is -1.11. The van der Waals surface area contributed by atoms with E-state index in [1.54, 1.807) is 6.07 Å². The fraction of sp³-hybridized carbons (Fsp3) is 0.429. The summed E-state index contributed by atoms with van der Waals surface area (Å²) in [7, 11) is 0. The first-order valence-electron chi connectivity index (χ1n) is 6.46. The van der Waals surface area contributed by atoms with E-state index in [1.165, 1.54) is 6.07 Å². The predicted octanol–water partition coefficient (Wildman–Crippen LogP) is 3.47. The summed E-state index contributed by atoms with van der Waals surface area (Å²) >= 11 is 12.3. The Morgan fingerprint density at radius 2 is 2.14 bits per heavy atom. The van der Waals surface area contributed by atoms with Crippen LogP contribution in [0.15, 0.2) is 12.1 Å². The van der Waals surface area contributed by atoms with Crippen molar-refractivity contribution in [2.45, 2.75) is 25.9 Å². The van der Waals surface area contributed by atoms with E-state index in [0.717, 1.165) is 6.42 Å². The number of carbonyl (C=O) groups excluding carboxylic acids is 1. The number of carbonyl (C=O) groups is 2. The number of aliphatic carboxylic acids is 1. The molecule has 0 unspecified atom stereocenters. The highest BCUT2D eigenvalue weighted by molar-refractivity contribution is 6.43. The molecular formula is C14H14Cl2O5. The van der Waals surface area contributed by atoms with Crippen molar-refractivity contribution in [2.24, 2.45) is 5.92 Å². The van der Waals surface area contributed by atoms with E-state index < -0.39 is 18.7 Å². The topological polar surface area (TPSA) is 72.8 Å². The molecule has 1 aliphatic rings. The lowest BCUT2D eigenvalue weighted by Gasteiger charge is -2.19. The molecule has 0 spiro atoms. The number of cyclic esters (lactones) is 1. The van der Waals surface area contributed by atoms with E-state index in [-0.39, 0.29) is 27.7 Å². The van der Waals surface area contributed by atoms with Crippen molar-refractivity contribution in [1.29, 1.82) is 0 Å². The molecule has 0 aliphatic carbocycles. The molecule has 5 nitrogen and oxygen atoms in total. The van der Waals surface area contributed by atoms with Crippen LogP contribution in [0.5, 0.6) is 5.75 Å². The Morgan fingerprint density at radius 1 is 1.43 bits per heavy atom. The molecule has 2 rings (SSSR count). The molecule has 114 valence electrons. The molecule has 2 atom stereocenters. The van der Waals surface area contributed by atoms with Crippen molar-refractivity contribution in [3.63, 3.8) is 0 Å². The maximum atomic E-state index is 11.4. The molecule has 1 aromatic rings. The standard InChI is InChI=1S/C14H14Cl2O5/c1-2-7-5-11(19)21-14(7)8-3-4-9(13(16)12(8)15)20-6-10(17)18/h3-4,7,14H,2,5-6H2,1H3,(H,17,18)/t7-,14-/m1/s1. The van der Waals surface area contributed by atoms with E-state index in [4.69, 9.17) is 37.8 Å². The normalized spacial score (nSPS) is 21.2. The fourth-order valence-electron chi connectivity index (χ4n) is 2.30. The molecular weight excluding hydrogens is 319 g/mol. The number of halogens is 2. The van der Waals surface area contributed by atoms with Crippen LogP contribution in [0.4, 0.5) is 0 Å². The summed E-state index contributed by atoms with van der Waals surface area (Å²) in [6, 6.07) is 3.18. The van der Waals surface area contributed by atoms with Crippen molar-refractivity contribution in [3.05, 3.63) is 27.7 Å². The van der Waals surface area contributed by atoms with E-state index in [2.05, 4.69) is 0 Å². The minimum absolute atomic E-state index is 0.0526. The maximum absolute atomic E-state index is 11.4. The summed E-state index contributed by atoms with van der Waals surface area (Å²) in [5, 5.41) is 8.94. The van der Waals surface area contributed by atoms with E-state index in [0.29, 0.717) is 12.0 Å². The molecule has 1 fully saturated rings. The smallest absolute Gasteiger partial charge is 0.341 e. The lowest BCUT2D eigenvalue weighted by Crippen LogP contribution is -2.11. The highest BCUT2D eigenvalue weighted by Crippen LogP contribution is 2.44. The Labute approximate surface area is 131 Å². The molecule has 21 heavy (non-hydrogen) atoms. The number of benzene rings is 1. The second-order valence-electron chi connectivity index (χ2n) is 4.75. The van der Waals surface area contributed by atoms with E-state index >= 15 is 0 Å². The second-order valence-corrected chi connectivity index (χ2v) is 5.50.